The van der Waals surface area contributed by atoms with Crippen molar-refractivity contribution >= 4 is 0 Å². The van der Waals surface area contributed by atoms with Crippen molar-refractivity contribution in [2.45, 2.75) is 80.1 Å². The maximum atomic E-state index is 15.4. The maximum Gasteiger partial charge on any atom is 0.455 e. The van der Waals surface area contributed by atoms with Gasteiger partial charge < -0.3 is 9.47 Å². The predicted molar refractivity (Wildman–Crippen MR) is 90.8 cm³/mol. The zero-order valence-electron chi connectivity index (χ0n) is 19.3. The minimum Gasteiger partial charge on any atom is -0.380 e. The lowest BCUT2D eigenvalue weighted by Crippen LogP contribution is -2.83. The summed E-state index contributed by atoms with van der Waals surface area (Å²) < 4.78 is 250. The van der Waals surface area contributed by atoms with Crippen molar-refractivity contribution in [1.29, 1.82) is 0 Å². The molecule has 0 amide bonds. The van der Waals surface area contributed by atoms with Crippen LogP contribution in [0.5, 0.6) is 0 Å². The number of halogens is 17. The van der Waals surface area contributed by atoms with Gasteiger partial charge in [0.25, 0.3) is 0 Å². The standard InChI is InChI=1S/C17H19F17N2O2/c1-7(37-3)5-35-9(11(18,19)14(24,25)26)10(12(20,21)15(27,28)29,13(22,23)16(30,31)32)36(17(35,33)34)6-8(2)38-4/h7-9H,5-6H2,1-4H3. The molecule has 1 saturated heterocycles. The molecule has 0 saturated carbocycles. The molecule has 0 N–H and O–H groups in total. The third-order valence-electron chi connectivity index (χ3n) is 5.89. The zero-order chi connectivity index (χ0) is 30.7. The van der Waals surface area contributed by atoms with E-state index in [1.165, 1.54) is 0 Å². The molecule has 1 aliphatic heterocycles. The van der Waals surface area contributed by atoms with Crippen LogP contribution in [0.15, 0.2) is 0 Å². The Balaban J connectivity index is 4.63. The first-order valence-corrected chi connectivity index (χ1v) is 9.86. The molecule has 0 aromatic carbocycles. The Morgan fingerprint density at radius 2 is 0.974 bits per heavy atom. The lowest BCUT2D eigenvalue weighted by Gasteiger charge is -2.52. The van der Waals surface area contributed by atoms with Gasteiger partial charge in [-0.05, 0) is 13.8 Å². The quantitative estimate of drug-likeness (QED) is 0.240. The van der Waals surface area contributed by atoms with Gasteiger partial charge >= 0.3 is 42.5 Å². The highest BCUT2D eigenvalue weighted by atomic mass is 19.4. The van der Waals surface area contributed by atoms with Crippen molar-refractivity contribution in [2.75, 3.05) is 27.3 Å². The van der Waals surface area contributed by atoms with Crippen LogP contribution in [0.4, 0.5) is 74.6 Å². The summed E-state index contributed by atoms with van der Waals surface area (Å²) in [5, 5.41) is 0. The lowest BCUT2D eigenvalue weighted by molar-refractivity contribution is -0.425. The van der Waals surface area contributed by atoms with Crippen LogP contribution < -0.4 is 0 Å². The number of hydrogen-bond donors (Lipinski definition) is 0. The minimum atomic E-state index is -8.01. The SMILES string of the molecule is COC(C)CN1C(C(F)(F)C(F)(F)F)C(C(F)(F)C(F)(F)F)(C(F)(F)C(F)(F)F)N(CC(C)OC)C1(F)F. The van der Waals surface area contributed by atoms with Crippen molar-refractivity contribution in [1.82, 2.24) is 9.80 Å². The molecule has 38 heavy (non-hydrogen) atoms. The summed E-state index contributed by atoms with van der Waals surface area (Å²) in [6, 6.07) is -5.90. The van der Waals surface area contributed by atoms with E-state index in [2.05, 4.69) is 9.47 Å². The molecular formula is C17H19F17N2O2. The third kappa shape index (κ3) is 4.88. The maximum absolute atomic E-state index is 15.4. The number of hydrogen-bond acceptors (Lipinski definition) is 4. The van der Waals surface area contributed by atoms with Gasteiger partial charge in [0.1, 0.15) is 6.04 Å². The lowest BCUT2D eigenvalue weighted by atomic mass is 9.73. The Morgan fingerprint density at radius 3 is 1.26 bits per heavy atom. The van der Waals surface area contributed by atoms with Crippen LogP contribution in [0.2, 0.25) is 0 Å². The van der Waals surface area contributed by atoms with Gasteiger partial charge in [0.05, 0.1) is 12.2 Å². The van der Waals surface area contributed by atoms with E-state index in [1.807, 2.05) is 0 Å². The molecule has 0 bridgehead atoms. The molecule has 1 rings (SSSR count). The van der Waals surface area contributed by atoms with E-state index in [1.54, 1.807) is 0 Å². The molecule has 3 atom stereocenters. The second-order valence-electron chi connectivity index (χ2n) is 8.30. The molecule has 228 valence electrons. The predicted octanol–water partition coefficient (Wildman–Crippen LogP) is 5.92. The first kappa shape index (κ1) is 34.7. The van der Waals surface area contributed by atoms with E-state index in [0.717, 1.165) is 0 Å². The second-order valence-corrected chi connectivity index (χ2v) is 8.30. The Kier molecular flexibility index (Phi) is 9.06. The smallest absolute Gasteiger partial charge is 0.380 e. The van der Waals surface area contributed by atoms with Crippen LogP contribution in [-0.4, -0.2) is 103 Å². The van der Waals surface area contributed by atoms with Crippen LogP contribution in [0.1, 0.15) is 13.8 Å². The van der Waals surface area contributed by atoms with Crippen LogP contribution >= 0.6 is 0 Å². The average Bonchev–Trinajstić information content (AvgIpc) is 2.90. The van der Waals surface area contributed by atoms with Gasteiger partial charge in [0.15, 0.2) is 5.54 Å². The number of rotatable bonds is 9. The van der Waals surface area contributed by atoms with E-state index >= 15 is 8.78 Å². The van der Waals surface area contributed by atoms with Crippen molar-refractivity contribution in [3.8, 4) is 0 Å². The van der Waals surface area contributed by atoms with E-state index in [-0.39, 0.29) is 0 Å². The Morgan fingerprint density at radius 1 is 0.632 bits per heavy atom. The van der Waals surface area contributed by atoms with E-state index in [4.69, 9.17) is 0 Å². The minimum absolute atomic E-state index is 0.440. The first-order valence-electron chi connectivity index (χ1n) is 9.86. The third-order valence-corrected chi connectivity index (χ3v) is 5.89. The summed E-state index contributed by atoms with van der Waals surface area (Å²) in [6.07, 6.45) is -33.7. The molecule has 0 radical (unpaired) electrons. The molecule has 1 heterocycles. The Bertz CT molecular complexity index is 797. The highest BCUT2D eigenvalue weighted by Crippen LogP contribution is 2.68. The summed E-state index contributed by atoms with van der Waals surface area (Å²) in [6.45, 7) is -3.80. The highest BCUT2D eigenvalue weighted by molar-refractivity contribution is 5.29. The van der Waals surface area contributed by atoms with E-state index < -0.39 is 89.1 Å². The summed E-state index contributed by atoms with van der Waals surface area (Å²) in [5.41, 5.74) is -7.36. The molecule has 0 aromatic rings. The van der Waals surface area contributed by atoms with Crippen molar-refractivity contribution in [3.05, 3.63) is 0 Å². The summed E-state index contributed by atoms with van der Waals surface area (Å²) in [7, 11) is 1.01. The van der Waals surface area contributed by atoms with Crippen molar-refractivity contribution in [2.24, 2.45) is 0 Å². The molecule has 3 unspecified atom stereocenters. The fourth-order valence-corrected chi connectivity index (χ4v) is 3.97. The Hall–Kier alpha value is -1.35. The van der Waals surface area contributed by atoms with Crippen molar-refractivity contribution < 1.29 is 84.1 Å². The van der Waals surface area contributed by atoms with E-state index in [9.17, 15) is 65.9 Å². The van der Waals surface area contributed by atoms with Crippen LogP contribution in [0.25, 0.3) is 0 Å². The summed E-state index contributed by atoms with van der Waals surface area (Å²) >= 11 is 0. The topological polar surface area (TPSA) is 24.9 Å². The number of alkyl halides is 17. The fraction of sp³-hybridized carbons (Fsp3) is 1.00. The molecule has 21 heteroatoms. The van der Waals surface area contributed by atoms with Gasteiger partial charge in [0, 0.05) is 27.3 Å². The monoisotopic (exact) mass is 606 g/mol. The second kappa shape index (κ2) is 9.93. The number of methoxy groups -OCH3 is 2. The Labute approximate surface area is 202 Å². The van der Waals surface area contributed by atoms with Gasteiger partial charge in [-0.25, -0.2) is 9.80 Å². The molecule has 0 spiro atoms. The molecule has 0 aliphatic carbocycles. The average molecular weight is 606 g/mol. The molecular weight excluding hydrogens is 587 g/mol. The molecule has 1 aliphatic rings. The molecule has 1 fully saturated rings. The highest BCUT2D eigenvalue weighted by Gasteiger charge is 2.97. The van der Waals surface area contributed by atoms with Crippen LogP contribution in [-0.2, 0) is 9.47 Å². The van der Waals surface area contributed by atoms with Crippen molar-refractivity contribution in [3.63, 3.8) is 0 Å². The molecule has 4 nitrogen and oxygen atoms in total. The van der Waals surface area contributed by atoms with Gasteiger partial charge in [-0.1, -0.05) is 0 Å². The van der Waals surface area contributed by atoms with Crippen LogP contribution in [0.3, 0.4) is 0 Å². The fourth-order valence-electron chi connectivity index (χ4n) is 3.97. The first-order chi connectivity index (χ1) is 16.5. The van der Waals surface area contributed by atoms with Gasteiger partial charge in [-0.2, -0.15) is 74.6 Å². The number of nitrogens with zero attached hydrogens (tertiary/aromatic N) is 2. The zero-order valence-corrected chi connectivity index (χ0v) is 19.3. The van der Waals surface area contributed by atoms with Gasteiger partial charge in [-0.3, -0.25) is 0 Å². The molecule has 0 aromatic heterocycles. The summed E-state index contributed by atoms with van der Waals surface area (Å²) in [4.78, 5) is -4.27. The van der Waals surface area contributed by atoms with Gasteiger partial charge in [-0.15, -0.1) is 0 Å². The van der Waals surface area contributed by atoms with Gasteiger partial charge in [0.2, 0.25) is 0 Å². The largest absolute Gasteiger partial charge is 0.455 e. The van der Waals surface area contributed by atoms with E-state index in [0.29, 0.717) is 28.1 Å². The summed E-state index contributed by atoms with van der Waals surface area (Å²) in [5.74, 6) is -23.5. The normalized spacial score (nSPS) is 24.1. The number of ether oxygens (including phenoxy) is 2. The van der Waals surface area contributed by atoms with Crippen LogP contribution in [0, 0.1) is 0 Å².